The van der Waals surface area contributed by atoms with E-state index >= 15 is 0 Å². The van der Waals surface area contributed by atoms with Gasteiger partial charge in [-0.1, -0.05) is 56.6 Å². The molecule has 23 heavy (non-hydrogen) atoms. The molecule has 0 N–H and O–H groups in total. The summed E-state index contributed by atoms with van der Waals surface area (Å²) >= 11 is 5.99. The first-order valence-electron chi connectivity index (χ1n) is 7.56. The predicted molar refractivity (Wildman–Crippen MR) is 94.0 cm³/mol. The summed E-state index contributed by atoms with van der Waals surface area (Å²) in [5, 5.41) is 1.52. The molecule has 118 valence electrons. The lowest BCUT2D eigenvalue weighted by Crippen LogP contribution is -2.10. The van der Waals surface area contributed by atoms with Gasteiger partial charge in [0.05, 0.1) is 10.9 Å². The van der Waals surface area contributed by atoms with E-state index in [4.69, 9.17) is 16.3 Å². The Balaban J connectivity index is 1.78. The van der Waals surface area contributed by atoms with E-state index in [9.17, 15) is 0 Å². The van der Waals surface area contributed by atoms with Gasteiger partial charge >= 0.3 is 0 Å². The smallest absolute Gasteiger partial charge is 0.224 e. The van der Waals surface area contributed by atoms with E-state index < -0.39 is 0 Å². The Hall–Kier alpha value is -2.13. The van der Waals surface area contributed by atoms with Gasteiger partial charge < -0.3 is 4.74 Å². The first kappa shape index (κ1) is 15.8. The Morgan fingerprint density at radius 3 is 2.43 bits per heavy atom. The molecule has 3 nitrogen and oxygen atoms in total. The number of ether oxygens (including phenoxy) is 1. The quantitative estimate of drug-likeness (QED) is 0.666. The number of benzene rings is 2. The maximum absolute atomic E-state index is 5.99. The summed E-state index contributed by atoms with van der Waals surface area (Å²) in [6.45, 7) is 7.09. The van der Waals surface area contributed by atoms with Crippen LogP contribution in [-0.4, -0.2) is 9.97 Å². The van der Waals surface area contributed by atoms with Crippen LogP contribution in [0.5, 0.6) is 5.88 Å². The largest absolute Gasteiger partial charge is 0.472 e. The van der Waals surface area contributed by atoms with Crippen molar-refractivity contribution in [3.05, 3.63) is 64.9 Å². The van der Waals surface area contributed by atoms with Crippen molar-refractivity contribution in [1.82, 2.24) is 9.97 Å². The van der Waals surface area contributed by atoms with Gasteiger partial charge in [0, 0.05) is 5.02 Å². The van der Waals surface area contributed by atoms with Crippen molar-refractivity contribution in [3.8, 4) is 5.88 Å². The summed E-state index contributed by atoms with van der Waals surface area (Å²) in [5.74, 6) is 0.576. The van der Waals surface area contributed by atoms with Crippen LogP contribution >= 0.6 is 11.6 Å². The molecular formula is C19H19ClN2O. The van der Waals surface area contributed by atoms with E-state index in [1.54, 1.807) is 0 Å². The van der Waals surface area contributed by atoms with Crippen LogP contribution in [0.2, 0.25) is 5.02 Å². The standard InChI is InChI=1S/C19H19ClN2O/c1-19(2,3)14-6-4-13(5-7-14)11-23-18-16-9-8-15(20)10-17(16)21-12-22-18/h4-10,12H,11H2,1-3H3. The Bertz CT molecular complexity index is 823. The second-order valence-corrected chi connectivity index (χ2v) is 7.01. The van der Waals surface area contributed by atoms with E-state index in [0.717, 1.165) is 16.5 Å². The molecule has 0 amide bonds. The van der Waals surface area contributed by atoms with E-state index in [1.807, 2.05) is 18.2 Å². The van der Waals surface area contributed by atoms with Crippen molar-refractivity contribution in [2.24, 2.45) is 0 Å². The summed E-state index contributed by atoms with van der Waals surface area (Å²) < 4.78 is 5.88. The topological polar surface area (TPSA) is 35.0 Å². The fourth-order valence-corrected chi connectivity index (χ4v) is 2.54. The molecule has 1 aromatic heterocycles. The average molecular weight is 327 g/mol. The van der Waals surface area contributed by atoms with E-state index in [2.05, 4.69) is 55.0 Å². The fraction of sp³-hybridized carbons (Fsp3) is 0.263. The van der Waals surface area contributed by atoms with Crippen LogP contribution < -0.4 is 4.74 Å². The van der Waals surface area contributed by atoms with Crippen molar-refractivity contribution in [3.63, 3.8) is 0 Å². The molecule has 0 bridgehead atoms. The molecule has 0 saturated heterocycles. The molecule has 0 radical (unpaired) electrons. The van der Waals surface area contributed by atoms with Crippen LogP contribution in [0.25, 0.3) is 10.9 Å². The van der Waals surface area contributed by atoms with Gasteiger partial charge in [0.2, 0.25) is 5.88 Å². The lowest BCUT2D eigenvalue weighted by Gasteiger charge is -2.19. The first-order chi connectivity index (χ1) is 10.9. The van der Waals surface area contributed by atoms with Gasteiger partial charge in [0.15, 0.2) is 0 Å². The minimum absolute atomic E-state index is 0.154. The van der Waals surface area contributed by atoms with Crippen LogP contribution in [0.15, 0.2) is 48.8 Å². The number of aromatic nitrogens is 2. The monoisotopic (exact) mass is 326 g/mol. The number of nitrogens with zero attached hydrogens (tertiary/aromatic N) is 2. The molecule has 1 heterocycles. The van der Waals surface area contributed by atoms with Gasteiger partial charge in [-0.3, -0.25) is 0 Å². The summed E-state index contributed by atoms with van der Waals surface area (Å²) in [5.41, 5.74) is 3.36. The molecule has 0 fully saturated rings. The zero-order chi connectivity index (χ0) is 16.4. The molecule has 0 unspecified atom stereocenters. The van der Waals surface area contributed by atoms with Crippen LogP contribution in [0.1, 0.15) is 31.9 Å². The summed E-state index contributed by atoms with van der Waals surface area (Å²) in [6.07, 6.45) is 1.50. The lowest BCUT2D eigenvalue weighted by atomic mass is 9.87. The zero-order valence-electron chi connectivity index (χ0n) is 13.5. The number of rotatable bonds is 3. The van der Waals surface area contributed by atoms with Gasteiger partial charge in [-0.05, 0) is 34.7 Å². The van der Waals surface area contributed by atoms with Crippen LogP contribution in [0.3, 0.4) is 0 Å². The molecule has 2 aromatic carbocycles. The second-order valence-electron chi connectivity index (χ2n) is 6.58. The number of halogens is 1. The summed E-state index contributed by atoms with van der Waals surface area (Å²) in [7, 11) is 0. The van der Waals surface area contributed by atoms with Gasteiger partial charge in [0.1, 0.15) is 12.9 Å². The van der Waals surface area contributed by atoms with Crippen LogP contribution in [0, 0.1) is 0 Å². The third-order valence-electron chi connectivity index (χ3n) is 3.76. The Kier molecular flexibility index (Phi) is 4.22. The summed E-state index contributed by atoms with van der Waals surface area (Å²) in [6, 6.07) is 14.0. The maximum Gasteiger partial charge on any atom is 0.224 e. The molecule has 0 aliphatic heterocycles. The minimum Gasteiger partial charge on any atom is -0.472 e. The molecule has 0 aliphatic rings. The third-order valence-corrected chi connectivity index (χ3v) is 3.99. The van der Waals surface area contributed by atoms with Crippen molar-refractivity contribution in [1.29, 1.82) is 0 Å². The molecule has 0 saturated carbocycles. The molecule has 0 spiro atoms. The Morgan fingerprint density at radius 1 is 1.00 bits per heavy atom. The van der Waals surface area contributed by atoms with Gasteiger partial charge in [-0.2, -0.15) is 0 Å². The molecular weight excluding hydrogens is 308 g/mol. The summed E-state index contributed by atoms with van der Waals surface area (Å²) in [4.78, 5) is 8.45. The van der Waals surface area contributed by atoms with Crippen LogP contribution in [0.4, 0.5) is 0 Å². The highest BCUT2D eigenvalue weighted by molar-refractivity contribution is 6.31. The third kappa shape index (κ3) is 3.62. The Morgan fingerprint density at radius 2 is 1.74 bits per heavy atom. The number of fused-ring (bicyclic) bond motifs is 1. The molecule has 0 atom stereocenters. The maximum atomic E-state index is 5.99. The van der Waals surface area contributed by atoms with Gasteiger partial charge in [-0.15, -0.1) is 0 Å². The highest BCUT2D eigenvalue weighted by Crippen LogP contribution is 2.25. The highest BCUT2D eigenvalue weighted by atomic mass is 35.5. The van der Waals surface area contributed by atoms with Crippen LogP contribution in [-0.2, 0) is 12.0 Å². The average Bonchev–Trinajstić information content (AvgIpc) is 2.52. The van der Waals surface area contributed by atoms with E-state index in [-0.39, 0.29) is 5.41 Å². The lowest BCUT2D eigenvalue weighted by molar-refractivity contribution is 0.297. The molecule has 3 aromatic rings. The minimum atomic E-state index is 0.154. The number of hydrogen-bond acceptors (Lipinski definition) is 3. The normalized spacial score (nSPS) is 11.7. The SMILES string of the molecule is CC(C)(C)c1ccc(COc2ncnc3cc(Cl)ccc23)cc1. The van der Waals surface area contributed by atoms with Crippen molar-refractivity contribution < 1.29 is 4.74 Å². The second kappa shape index (κ2) is 6.17. The van der Waals surface area contributed by atoms with Crippen molar-refractivity contribution >= 4 is 22.5 Å². The number of hydrogen-bond donors (Lipinski definition) is 0. The molecule has 0 aliphatic carbocycles. The van der Waals surface area contributed by atoms with Crippen molar-refractivity contribution in [2.75, 3.05) is 0 Å². The Labute approximate surface area is 141 Å². The zero-order valence-corrected chi connectivity index (χ0v) is 14.3. The van der Waals surface area contributed by atoms with Gasteiger partial charge in [-0.25, -0.2) is 9.97 Å². The van der Waals surface area contributed by atoms with Gasteiger partial charge in [0.25, 0.3) is 0 Å². The molecule has 4 heteroatoms. The fourth-order valence-electron chi connectivity index (χ4n) is 2.37. The highest BCUT2D eigenvalue weighted by Gasteiger charge is 2.13. The van der Waals surface area contributed by atoms with E-state index in [1.165, 1.54) is 11.9 Å². The van der Waals surface area contributed by atoms with Crippen molar-refractivity contribution in [2.45, 2.75) is 32.8 Å². The predicted octanol–water partition coefficient (Wildman–Crippen LogP) is 5.16. The van der Waals surface area contributed by atoms with E-state index in [0.29, 0.717) is 17.5 Å². The first-order valence-corrected chi connectivity index (χ1v) is 7.94. The molecule has 3 rings (SSSR count).